The van der Waals surface area contributed by atoms with Crippen LogP contribution in [0.5, 0.6) is 0 Å². The Labute approximate surface area is 99.8 Å². The number of nitrogens with two attached hydrogens (primary N) is 1. The smallest absolute Gasteiger partial charge is 0.287 e. The van der Waals surface area contributed by atoms with Crippen molar-refractivity contribution >= 4 is 22.6 Å². The van der Waals surface area contributed by atoms with Crippen molar-refractivity contribution in [3.05, 3.63) is 30.0 Å². The third-order valence-corrected chi connectivity index (χ3v) is 2.29. The maximum Gasteiger partial charge on any atom is 0.287 e. The highest BCUT2D eigenvalue weighted by molar-refractivity contribution is 5.98. The molecule has 0 aliphatic carbocycles. The van der Waals surface area contributed by atoms with Gasteiger partial charge in [-0.25, -0.2) is 0 Å². The largest absolute Gasteiger partial charge is 0.449 e. The van der Waals surface area contributed by atoms with Crippen molar-refractivity contribution in [2.45, 2.75) is 26.3 Å². The Bertz CT molecular complexity index is 564. The molecule has 0 radical (unpaired) electrons. The first-order valence-electron chi connectivity index (χ1n) is 5.47. The molecule has 0 spiro atoms. The molecule has 2 aromatic rings. The number of benzene rings is 1. The molecule has 1 amide bonds. The molecule has 0 saturated carbocycles. The van der Waals surface area contributed by atoms with E-state index in [4.69, 9.17) is 10.2 Å². The van der Waals surface area contributed by atoms with Crippen LogP contribution in [0.3, 0.4) is 0 Å². The summed E-state index contributed by atoms with van der Waals surface area (Å²) in [5.74, 6) is 0.0564. The Hall–Kier alpha value is -1.97. The second kappa shape index (κ2) is 3.80. The van der Waals surface area contributed by atoms with Crippen LogP contribution in [0.1, 0.15) is 31.3 Å². The van der Waals surface area contributed by atoms with Crippen molar-refractivity contribution in [1.29, 1.82) is 0 Å². The first-order valence-corrected chi connectivity index (χ1v) is 5.47. The number of nitrogens with one attached hydrogen (secondary N) is 1. The molecule has 90 valence electrons. The van der Waals surface area contributed by atoms with Gasteiger partial charge in [0.2, 0.25) is 0 Å². The molecule has 1 aromatic carbocycles. The van der Waals surface area contributed by atoms with E-state index in [0.29, 0.717) is 11.3 Å². The lowest BCUT2D eigenvalue weighted by atomic mass is 10.1. The number of amides is 1. The highest BCUT2D eigenvalue weighted by Gasteiger charge is 2.19. The number of hydrogen-bond acceptors (Lipinski definition) is 3. The molecule has 0 aliphatic rings. The van der Waals surface area contributed by atoms with Gasteiger partial charge < -0.3 is 15.5 Å². The summed E-state index contributed by atoms with van der Waals surface area (Å²) in [6.45, 7) is 5.76. The Balaban J connectivity index is 2.37. The van der Waals surface area contributed by atoms with Crippen molar-refractivity contribution in [3.63, 3.8) is 0 Å². The van der Waals surface area contributed by atoms with Gasteiger partial charge in [-0.2, -0.15) is 0 Å². The van der Waals surface area contributed by atoms with Crippen LogP contribution in [0.15, 0.2) is 28.7 Å². The Kier molecular flexibility index (Phi) is 2.58. The Morgan fingerprint density at radius 1 is 1.35 bits per heavy atom. The quantitative estimate of drug-likeness (QED) is 0.742. The minimum absolute atomic E-state index is 0.229. The topological polar surface area (TPSA) is 68.3 Å². The van der Waals surface area contributed by atoms with Crippen LogP contribution in [-0.2, 0) is 0 Å². The predicted octanol–water partition coefficient (Wildman–Crippen LogP) is 2.54. The van der Waals surface area contributed by atoms with Crippen molar-refractivity contribution < 1.29 is 9.21 Å². The lowest BCUT2D eigenvalue weighted by Crippen LogP contribution is -2.40. The van der Waals surface area contributed by atoms with Crippen LogP contribution in [-0.4, -0.2) is 11.4 Å². The molecule has 0 aliphatic heterocycles. The van der Waals surface area contributed by atoms with Gasteiger partial charge in [0.05, 0.1) is 5.69 Å². The van der Waals surface area contributed by atoms with Gasteiger partial charge >= 0.3 is 0 Å². The first-order chi connectivity index (χ1) is 7.87. The summed E-state index contributed by atoms with van der Waals surface area (Å²) in [5.41, 5.74) is 6.58. The Morgan fingerprint density at radius 3 is 2.65 bits per heavy atom. The third kappa shape index (κ3) is 2.41. The molecule has 0 atom stereocenters. The van der Waals surface area contributed by atoms with Gasteiger partial charge in [0.1, 0.15) is 0 Å². The number of nitrogen functional groups attached to an aromatic ring is 1. The van der Waals surface area contributed by atoms with Crippen LogP contribution in [0.25, 0.3) is 11.0 Å². The minimum Gasteiger partial charge on any atom is -0.449 e. The number of para-hydroxylation sites is 1. The second-order valence-electron chi connectivity index (χ2n) is 5.08. The maximum absolute atomic E-state index is 11.9. The van der Waals surface area contributed by atoms with E-state index in [0.717, 1.165) is 5.39 Å². The first kappa shape index (κ1) is 11.5. The molecule has 0 saturated heterocycles. The highest BCUT2D eigenvalue weighted by Crippen LogP contribution is 2.24. The number of furan rings is 1. The van der Waals surface area contributed by atoms with Crippen molar-refractivity contribution in [3.8, 4) is 0 Å². The van der Waals surface area contributed by atoms with Gasteiger partial charge in [0.25, 0.3) is 5.91 Å². The van der Waals surface area contributed by atoms with E-state index in [1.165, 1.54) is 0 Å². The fourth-order valence-electron chi connectivity index (χ4n) is 1.60. The zero-order valence-corrected chi connectivity index (χ0v) is 10.2. The fourth-order valence-corrected chi connectivity index (χ4v) is 1.60. The number of carbonyl (C=O) groups excluding carboxylic acids is 1. The summed E-state index contributed by atoms with van der Waals surface area (Å²) in [4.78, 5) is 11.9. The van der Waals surface area contributed by atoms with Crippen molar-refractivity contribution in [2.24, 2.45) is 0 Å². The molecule has 0 unspecified atom stereocenters. The standard InChI is InChI=1S/C13H16N2O2/c1-13(2,3)15-12(16)10-7-8-5-4-6-9(14)11(8)17-10/h4-7H,14H2,1-3H3,(H,15,16). The molecule has 3 N–H and O–H groups in total. The normalized spacial score (nSPS) is 11.7. The summed E-state index contributed by atoms with van der Waals surface area (Å²) >= 11 is 0. The van der Waals surface area contributed by atoms with E-state index >= 15 is 0 Å². The van der Waals surface area contributed by atoms with Gasteiger partial charge in [0.15, 0.2) is 11.3 Å². The fraction of sp³-hybridized carbons (Fsp3) is 0.308. The second-order valence-corrected chi connectivity index (χ2v) is 5.08. The van der Waals surface area contributed by atoms with E-state index in [1.54, 1.807) is 12.1 Å². The molecule has 17 heavy (non-hydrogen) atoms. The molecule has 4 nitrogen and oxygen atoms in total. The summed E-state index contributed by atoms with van der Waals surface area (Å²) in [7, 11) is 0. The van der Waals surface area contributed by atoms with Crippen molar-refractivity contribution in [1.82, 2.24) is 5.32 Å². The van der Waals surface area contributed by atoms with E-state index in [1.807, 2.05) is 32.9 Å². The van der Waals surface area contributed by atoms with Gasteiger partial charge in [0, 0.05) is 10.9 Å². The van der Waals surface area contributed by atoms with Gasteiger partial charge in [-0.15, -0.1) is 0 Å². The zero-order valence-electron chi connectivity index (χ0n) is 10.2. The molecule has 2 rings (SSSR count). The maximum atomic E-state index is 11.9. The predicted molar refractivity (Wildman–Crippen MR) is 67.8 cm³/mol. The third-order valence-electron chi connectivity index (χ3n) is 2.29. The van der Waals surface area contributed by atoms with Crippen LogP contribution >= 0.6 is 0 Å². The molecule has 1 aromatic heterocycles. The molecule has 1 heterocycles. The van der Waals surface area contributed by atoms with Crippen molar-refractivity contribution in [2.75, 3.05) is 5.73 Å². The zero-order chi connectivity index (χ0) is 12.6. The van der Waals surface area contributed by atoms with Crippen LogP contribution in [0, 0.1) is 0 Å². The number of fused-ring (bicyclic) bond motifs is 1. The number of hydrogen-bond donors (Lipinski definition) is 2. The molecule has 4 heteroatoms. The minimum atomic E-state index is -0.290. The Morgan fingerprint density at radius 2 is 2.06 bits per heavy atom. The van der Waals surface area contributed by atoms with Crippen LogP contribution in [0.2, 0.25) is 0 Å². The summed E-state index contributed by atoms with van der Waals surface area (Å²) < 4.78 is 5.47. The highest BCUT2D eigenvalue weighted by atomic mass is 16.3. The van der Waals surface area contributed by atoms with Crippen LogP contribution < -0.4 is 11.1 Å². The van der Waals surface area contributed by atoms with E-state index in [-0.39, 0.29) is 17.2 Å². The molecule has 0 fully saturated rings. The van der Waals surface area contributed by atoms with Gasteiger partial charge in [-0.3, -0.25) is 4.79 Å². The molecular weight excluding hydrogens is 216 g/mol. The number of anilines is 1. The van der Waals surface area contributed by atoms with E-state index < -0.39 is 0 Å². The SMILES string of the molecule is CC(C)(C)NC(=O)c1cc2cccc(N)c2o1. The number of carbonyl (C=O) groups is 1. The summed E-state index contributed by atoms with van der Waals surface area (Å²) in [6.07, 6.45) is 0. The van der Waals surface area contributed by atoms with E-state index in [2.05, 4.69) is 5.32 Å². The molecule has 0 bridgehead atoms. The molecular formula is C13H16N2O2. The lowest BCUT2D eigenvalue weighted by molar-refractivity contribution is 0.0893. The summed E-state index contributed by atoms with van der Waals surface area (Å²) in [5, 5.41) is 3.68. The lowest BCUT2D eigenvalue weighted by Gasteiger charge is -2.19. The van der Waals surface area contributed by atoms with Gasteiger partial charge in [-0.05, 0) is 32.9 Å². The van der Waals surface area contributed by atoms with Gasteiger partial charge in [-0.1, -0.05) is 12.1 Å². The number of rotatable bonds is 1. The summed E-state index contributed by atoms with van der Waals surface area (Å²) in [6, 6.07) is 7.14. The van der Waals surface area contributed by atoms with Crippen LogP contribution in [0.4, 0.5) is 5.69 Å². The van der Waals surface area contributed by atoms with E-state index in [9.17, 15) is 4.79 Å². The average Bonchev–Trinajstić information content (AvgIpc) is 2.60. The monoisotopic (exact) mass is 232 g/mol. The average molecular weight is 232 g/mol.